The summed E-state index contributed by atoms with van der Waals surface area (Å²) >= 11 is 3.26. The topological polar surface area (TPSA) is 64.3 Å². The molecular weight excluding hydrogens is 327 g/mol. The van der Waals surface area contributed by atoms with Crippen LogP contribution in [0.5, 0.6) is 5.75 Å². The lowest BCUT2D eigenvalue weighted by molar-refractivity contribution is 0.102. The summed E-state index contributed by atoms with van der Waals surface area (Å²) < 4.78 is 18.6. The molecule has 3 N–H and O–H groups in total. The molecule has 4 nitrogen and oxygen atoms in total. The minimum Gasteiger partial charge on any atom is -0.494 e. The number of rotatable bonds is 3. The van der Waals surface area contributed by atoms with Crippen molar-refractivity contribution in [3.05, 3.63) is 52.3 Å². The van der Waals surface area contributed by atoms with Crippen LogP contribution in [0.1, 0.15) is 10.4 Å². The van der Waals surface area contributed by atoms with E-state index >= 15 is 0 Å². The maximum atomic E-state index is 13.1. The average molecular weight is 339 g/mol. The Morgan fingerprint density at radius 2 is 2.10 bits per heavy atom. The number of carbonyl (C=O) groups excluding carboxylic acids is 1. The molecule has 0 aliphatic heterocycles. The van der Waals surface area contributed by atoms with Gasteiger partial charge in [0.05, 0.1) is 22.8 Å². The van der Waals surface area contributed by atoms with Crippen molar-refractivity contribution < 1.29 is 13.9 Å². The molecule has 0 heterocycles. The minimum absolute atomic E-state index is 0.248. The van der Waals surface area contributed by atoms with Gasteiger partial charge in [0.15, 0.2) is 0 Å². The fraction of sp³-hybridized carbons (Fsp3) is 0.0714. The monoisotopic (exact) mass is 338 g/mol. The van der Waals surface area contributed by atoms with Gasteiger partial charge in [-0.2, -0.15) is 0 Å². The number of nitrogens with two attached hydrogens (primary N) is 1. The van der Waals surface area contributed by atoms with Crippen LogP contribution in [0, 0.1) is 5.82 Å². The summed E-state index contributed by atoms with van der Waals surface area (Å²) in [7, 11) is 1.40. The predicted octanol–water partition coefficient (Wildman–Crippen LogP) is 3.43. The third-order valence-electron chi connectivity index (χ3n) is 2.68. The van der Waals surface area contributed by atoms with E-state index in [0.29, 0.717) is 21.4 Å². The standard InChI is InChI=1S/C14H12BrFN2O2/c1-20-12-7-8(16)5-6-11(12)18-14(19)9-3-2-4-10(17)13(9)15/h2-7H,17H2,1H3,(H,18,19). The first-order chi connectivity index (χ1) is 9.52. The van der Waals surface area contributed by atoms with Gasteiger partial charge in [-0.25, -0.2) is 4.39 Å². The zero-order valence-corrected chi connectivity index (χ0v) is 12.2. The van der Waals surface area contributed by atoms with Crippen molar-refractivity contribution in [3.63, 3.8) is 0 Å². The molecule has 0 bridgehead atoms. The quantitative estimate of drug-likeness (QED) is 0.842. The predicted molar refractivity (Wildman–Crippen MR) is 79.5 cm³/mol. The maximum absolute atomic E-state index is 13.1. The summed E-state index contributed by atoms with van der Waals surface area (Å²) in [6, 6.07) is 8.87. The maximum Gasteiger partial charge on any atom is 0.256 e. The number of anilines is 2. The fourth-order valence-corrected chi connectivity index (χ4v) is 2.13. The van der Waals surface area contributed by atoms with E-state index in [1.54, 1.807) is 18.2 Å². The van der Waals surface area contributed by atoms with Crippen molar-refractivity contribution >= 4 is 33.2 Å². The van der Waals surface area contributed by atoms with Crippen LogP contribution in [0.3, 0.4) is 0 Å². The summed E-state index contributed by atoms with van der Waals surface area (Å²) in [5, 5.41) is 2.66. The van der Waals surface area contributed by atoms with Crippen molar-refractivity contribution in [2.75, 3.05) is 18.2 Å². The van der Waals surface area contributed by atoms with Gasteiger partial charge in [0.1, 0.15) is 11.6 Å². The molecule has 104 valence electrons. The molecule has 20 heavy (non-hydrogen) atoms. The van der Waals surface area contributed by atoms with E-state index in [0.717, 1.165) is 0 Å². The number of hydrogen-bond donors (Lipinski definition) is 2. The molecule has 2 aromatic rings. The summed E-state index contributed by atoms with van der Waals surface area (Å²) in [6.45, 7) is 0. The molecule has 0 aromatic heterocycles. The Bertz CT molecular complexity index is 662. The van der Waals surface area contributed by atoms with Gasteiger partial charge in [0.2, 0.25) is 0 Å². The van der Waals surface area contributed by atoms with Gasteiger partial charge in [0, 0.05) is 11.8 Å². The summed E-state index contributed by atoms with van der Waals surface area (Å²) in [5.74, 6) is -0.558. The second-order valence-corrected chi connectivity index (χ2v) is 4.80. The van der Waals surface area contributed by atoms with Crippen LogP contribution < -0.4 is 15.8 Å². The number of nitrogens with one attached hydrogen (secondary N) is 1. The molecule has 2 aromatic carbocycles. The van der Waals surface area contributed by atoms with Crippen molar-refractivity contribution in [2.45, 2.75) is 0 Å². The molecule has 0 unspecified atom stereocenters. The summed E-state index contributed by atoms with van der Waals surface area (Å²) in [5.41, 5.74) is 6.96. The number of hydrogen-bond acceptors (Lipinski definition) is 3. The van der Waals surface area contributed by atoms with Crippen LogP contribution in [0.25, 0.3) is 0 Å². The molecule has 0 atom stereocenters. The molecule has 0 radical (unpaired) electrons. The summed E-state index contributed by atoms with van der Waals surface area (Å²) in [4.78, 5) is 12.2. The highest BCUT2D eigenvalue weighted by Gasteiger charge is 2.14. The largest absolute Gasteiger partial charge is 0.494 e. The Morgan fingerprint density at radius 1 is 1.35 bits per heavy atom. The average Bonchev–Trinajstić information content (AvgIpc) is 2.43. The normalized spacial score (nSPS) is 10.2. The molecule has 0 saturated carbocycles. The van der Waals surface area contributed by atoms with Crippen molar-refractivity contribution in [1.29, 1.82) is 0 Å². The number of methoxy groups -OCH3 is 1. The second kappa shape index (κ2) is 5.92. The van der Waals surface area contributed by atoms with E-state index in [-0.39, 0.29) is 11.7 Å². The van der Waals surface area contributed by atoms with Crippen LogP contribution in [-0.4, -0.2) is 13.0 Å². The number of halogens is 2. The van der Waals surface area contributed by atoms with Crippen LogP contribution in [0.2, 0.25) is 0 Å². The molecular formula is C14H12BrFN2O2. The first-order valence-electron chi connectivity index (χ1n) is 5.72. The van der Waals surface area contributed by atoms with Gasteiger partial charge in [-0.15, -0.1) is 0 Å². The van der Waals surface area contributed by atoms with Crippen molar-refractivity contribution in [1.82, 2.24) is 0 Å². The third kappa shape index (κ3) is 2.91. The molecule has 6 heteroatoms. The van der Waals surface area contributed by atoms with E-state index in [1.165, 1.54) is 25.3 Å². The Hall–Kier alpha value is -2.08. The zero-order valence-electron chi connectivity index (χ0n) is 10.6. The van der Waals surface area contributed by atoms with Crippen molar-refractivity contribution in [2.24, 2.45) is 0 Å². The van der Waals surface area contributed by atoms with Gasteiger partial charge in [0.25, 0.3) is 5.91 Å². The Labute approximate surface area is 123 Å². The third-order valence-corrected chi connectivity index (χ3v) is 3.57. The highest BCUT2D eigenvalue weighted by Crippen LogP contribution is 2.28. The first-order valence-corrected chi connectivity index (χ1v) is 6.51. The fourth-order valence-electron chi connectivity index (χ4n) is 1.68. The molecule has 2 rings (SSSR count). The van der Waals surface area contributed by atoms with E-state index in [4.69, 9.17) is 10.5 Å². The number of ether oxygens (including phenoxy) is 1. The highest BCUT2D eigenvalue weighted by atomic mass is 79.9. The molecule has 0 saturated heterocycles. The van der Waals surface area contributed by atoms with Gasteiger partial charge < -0.3 is 15.8 Å². The molecule has 0 aliphatic carbocycles. The number of amides is 1. The van der Waals surface area contributed by atoms with Crippen LogP contribution in [-0.2, 0) is 0 Å². The van der Waals surface area contributed by atoms with Gasteiger partial charge in [-0.05, 0) is 40.2 Å². The minimum atomic E-state index is -0.440. The SMILES string of the molecule is COc1cc(F)ccc1NC(=O)c1cccc(N)c1Br. The number of benzene rings is 2. The van der Waals surface area contributed by atoms with Crippen LogP contribution >= 0.6 is 15.9 Å². The lowest BCUT2D eigenvalue weighted by atomic mass is 10.2. The molecule has 0 aliphatic rings. The van der Waals surface area contributed by atoms with E-state index in [2.05, 4.69) is 21.2 Å². The second-order valence-electron chi connectivity index (χ2n) is 4.01. The Morgan fingerprint density at radius 3 is 2.80 bits per heavy atom. The number of carbonyl (C=O) groups is 1. The van der Waals surface area contributed by atoms with E-state index in [9.17, 15) is 9.18 Å². The summed E-state index contributed by atoms with van der Waals surface area (Å²) in [6.07, 6.45) is 0. The van der Waals surface area contributed by atoms with Crippen molar-refractivity contribution in [3.8, 4) is 5.75 Å². The highest BCUT2D eigenvalue weighted by molar-refractivity contribution is 9.10. The van der Waals surface area contributed by atoms with Gasteiger partial charge in [-0.3, -0.25) is 4.79 Å². The van der Waals surface area contributed by atoms with E-state index in [1.807, 2.05) is 0 Å². The zero-order chi connectivity index (χ0) is 14.7. The lowest BCUT2D eigenvalue weighted by Crippen LogP contribution is -2.14. The molecule has 0 fully saturated rings. The van der Waals surface area contributed by atoms with Crippen LogP contribution in [0.15, 0.2) is 40.9 Å². The molecule has 1 amide bonds. The molecule has 0 spiro atoms. The Kier molecular flexibility index (Phi) is 4.24. The van der Waals surface area contributed by atoms with Crippen LogP contribution in [0.4, 0.5) is 15.8 Å². The smallest absolute Gasteiger partial charge is 0.256 e. The number of nitrogen functional groups attached to an aromatic ring is 1. The van der Waals surface area contributed by atoms with Gasteiger partial charge in [-0.1, -0.05) is 6.07 Å². The van der Waals surface area contributed by atoms with E-state index < -0.39 is 5.82 Å². The lowest BCUT2D eigenvalue weighted by Gasteiger charge is -2.11. The first kappa shape index (κ1) is 14.3. The Balaban J connectivity index is 2.30. The van der Waals surface area contributed by atoms with Gasteiger partial charge >= 0.3 is 0 Å².